The van der Waals surface area contributed by atoms with Gasteiger partial charge in [0, 0.05) is 17.0 Å². The van der Waals surface area contributed by atoms with E-state index >= 15 is 0 Å². The first-order valence-corrected chi connectivity index (χ1v) is 11.6. The van der Waals surface area contributed by atoms with Crippen LogP contribution >= 0.6 is 23.2 Å². The third-order valence-electron chi connectivity index (χ3n) is 5.01. The van der Waals surface area contributed by atoms with E-state index in [4.69, 9.17) is 28.3 Å². The molecular formula is C21H18Cl2N4O4S. The Labute approximate surface area is 193 Å². The zero-order valence-electron chi connectivity index (χ0n) is 16.9. The van der Waals surface area contributed by atoms with Crippen LogP contribution in [-0.2, 0) is 15.6 Å². The Morgan fingerprint density at radius 1 is 1.09 bits per heavy atom. The molecule has 0 spiro atoms. The van der Waals surface area contributed by atoms with E-state index in [-0.39, 0.29) is 26.2 Å². The number of aromatic amines is 1. The van der Waals surface area contributed by atoms with Gasteiger partial charge in [0.05, 0.1) is 37.1 Å². The molecule has 0 aliphatic carbocycles. The Kier molecular flexibility index (Phi) is 5.43. The van der Waals surface area contributed by atoms with Gasteiger partial charge in [0.15, 0.2) is 0 Å². The number of nitrogens with zero attached hydrogens (tertiary/aromatic N) is 1. The van der Waals surface area contributed by atoms with Crippen LogP contribution in [0.2, 0.25) is 10.0 Å². The molecule has 8 nitrogen and oxygen atoms in total. The third-order valence-corrected chi connectivity index (χ3v) is 6.50. The van der Waals surface area contributed by atoms with Crippen LogP contribution in [0.4, 0.5) is 11.5 Å². The van der Waals surface area contributed by atoms with E-state index in [0.29, 0.717) is 33.1 Å². The summed E-state index contributed by atoms with van der Waals surface area (Å²) >= 11 is 12.5. The Hall–Kier alpha value is -2.69. The molecule has 5 N–H and O–H groups in total. The first-order valence-electron chi connectivity index (χ1n) is 9.33. The van der Waals surface area contributed by atoms with E-state index in [2.05, 4.69) is 15.3 Å². The van der Waals surface area contributed by atoms with Crippen LogP contribution in [-0.4, -0.2) is 23.5 Å². The fraction of sp³-hybridized carbons (Fsp3) is 0.143. The summed E-state index contributed by atoms with van der Waals surface area (Å²) < 4.78 is 23.3. The highest BCUT2D eigenvalue weighted by Crippen LogP contribution is 2.37. The maximum absolute atomic E-state index is 12.7. The van der Waals surface area contributed by atoms with Crippen LogP contribution < -0.4 is 16.0 Å². The maximum Gasteiger partial charge on any atom is 0.256 e. The van der Waals surface area contributed by atoms with Gasteiger partial charge in [0.2, 0.25) is 10.0 Å². The van der Waals surface area contributed by atoms with E-state index in [1.807, 2.05) is 0 Å². The SMILES string of the molecule is CC(C)(O)c1ccc2nc(Nc3c(Cl)cc(S(N)(=O)=O)cc3Cl)c3cc[nH]c(=O)c3c2c1. The van der Waals surface area contributed by atoms with Crippen LogP contribution in [0, 0.1) is 0 Å². The largest absolute Gasteiger partial charge is 0.386 e. The molecule has 2 aromatic heterocycles. The van der Waals surface area contributed by atoms with E-state index in [1.165, 1.54) is 18.3 Å². The van der Waals surface area contributed by atoms with Gasteiger partial charge in [-0.3, -0.25) is 4.79 Å². The number of hydrogen-bond acceptors (Lipinski definition) is 6. The molecule has 0 saturated heterocycles. The van der Waals surface area contributed by atoms with E-state index < -0.39 is 15.6 Å². The standard InChI is InChI=1S/C21H18Cl2N4O4S/c1-21(2,29)10-3-4-16-13(7-10)17-12(5-6-25-20(17)28)19(26-16)27-18-14(22)8-11(9-15(18)23)32(24,30)31/h3-9,29H,1-2H3,(H,25,28)(H,26,27)(H2,24,30,31). The number of aliphatic hydroxyl groups is 1. The zero-order valence-corrected chi connectivity index (χ0v) is 19.2. The van der Waals surface area contributed by atoms with Gasteiger partial charge < -0.3 is 15.4 Å². The van der Waals surface area contributed by atoms with E-state index in [1.54, 1.807) is 38.1 Å². The second-order valence-electron chi connectivity index (χ2n) is 7.78. The van der Waals surface area contributed by atoms with Gasteiger partial charge in [-0.2, -0.15) is 0 Å². The average Bonchev–Trinajstić information content (AvgIpc) is 2.68. The molecule has 0 amide bonds. The van der Waals surface area contributed by atoms with Crippen molar-refractivity contribution < 1.29 is 13.5 Å². The summed E-state index contributed by atoms with van der Waals surface area (Å²) in [6.07, 6.45) is 1.48. The molecule has 32 heavy (non-hydrogen) atoms. The highest BCUT2D eigenvalue weighted by atomic mass is 35.5. The van der Waals surface area contributed by atoms with Gasteiger partial charge in [0.1, 0.15) is 5.82 Å². The van der Waals surface area contributed by atoms with Crippen LogP contribution in [0.5, 0.6) is 0 Å². The topological polar surface area (TPSA) is 138 Å². The summed E-state index contributed by atoms with van der Waals surface area (Å²) in [7, 11) is -4.00. The Morgan fingerprint density at radius 3 is 2.34 bits per heavy atom. The number of aromatic nitrogens is 2. The lowest BCUT2D eigenvalue weighted by Gasteiger charge is -2.19. The monoisotopic (exact) mass is 492 g/mol. The van der Waals surface area contributed by atoms with Crippen molar-refractivity contribution in [3.63, 3.8) is 0 Å². The van der Waals surface area contributed by atoms with E-state index in [9.17, 15) is 18.3 Å². The Morgan fingerprint density at radius 2 is 1.75 bits per heavy atom. The van der Waals surface area contributed by atoms with Crippen LogP contribution in [0.3, 0.4) is 0 Å². The van der Waals surface area contributed by atoms with Crippen LogP contribution in [0.15, 0.2) is 52.3 Å². The average molecular weight is 493 g/mol. The fourth-order valence-electron chi connectivity index (χ4n) is 3.39. The number of primary sulfonamides is 1. The number of sulfonamides is 1. The lowest BCUT2D eigenvalue weighted by atomic mass is 9.95. The molecule has 0 unspecified atom stereocenters. The molecule has 4 rings (SSSR count). The summed E-state index contributed by atoms with van der Waals surface area (Å²) in [6, 6.07) is 9.18. The Balaban J connectivity index is 1.97. The molecule has 0 atom stereocenters. The van der Waals surface area contributed by atoms with Crippen molar-refractivity contribution in [2.45, 2.75) is 24.3 Å². The summed E-state index contributed by atoms with van der Waals surface area (Å²) in [5, 5.41) is 20.0. The predicted octanol–water partition coefficient (Wildman–Crippen LogP) is 4.00. The van der Waals surface area contributed by atoms with Crippen molar-refractivity contribution in [3.8, 4) is 0 Å². The number of fused-ring (bicyclic) bond motifs is 3. The molecular weight excluding hydrogens is 475 g/mol. The van der Waals surface area contributed by atoms with Gasteiger partial charge >= 0.3 is 0 Å². The minimum atomic E-state index is -4.00. The number of hydrogen-bond donors (Lipinski definition) is 4. The van der Waals surface area contributed by atoms with Gasteiger partial charge in [-0.15, -0.1) is 0 Å². The molecule has 0 aliphatic heterocycles. The van der Waals surface area contributed by atoms with Gasteiger partial charge in [-0.25, -0.2) is 18.5 Å². The maximum atomic E-state index is 12.7. The quantitative estimate of drug-likeness (QED) is 0.317. The number of nitrogens with one attached hydrogen (secondary N) is 2. The second kappa shape index (κ2) is 7.72. The summed E-state index contributed by atoms with van der Waals surface area (Å²) in [4.78, 5) is 19.8. The van der Waals surface area contributed by atoms with Crippen molar-refractivity contribution in [2.24, 2.45) is 5.14 Å². The Bertz CT molecular complexity index is 1540. The van der Waals surface area contributed by atoms with Gasteiger partial charge in [-0.05, 0) is 49.7 Å². The normalized spacial score (nSPS) is 12.4. The highest BCUT2D eigenvalue weighted by Gasteiger charge is 2.20. The molecule has 11 heteroatoms. The molecule has 2 heterocycles. The number of anilines is 2. The lowest BCUT2D eigenvalue weighted by molar-refractivity contribution is 0.0787. The first-order chi connectivity index (χ1) is 14.9. The highest BCUT2D eigenvalue weighted by molar-refractivity contribution is 7.89. The zero-order chi connectivity index (χ0) is 23.4. The lowest BCUT2D eigenvalue weighted by Crippen LogP contribution is -2.15. The van der Waals surface area contributed by atoms with Crippen molar-refractivity contribution in [3.05, 3.63) is 68.6 Å². The van der Waals surface area contributed by atoms with Crippen molar-refractivity contribution in [1.29, 1.82) is 0 Å². The molecule has 4 aromatic rings. The second-order valence-corrected chi connectivity index (χ2v) is 10.2. The van der Waals surface area contributed by atoms with Gasteiger partial charge in [-0.1, -0.05) is 29.3 Å². The number of nitrogens with two attached hydrogens (primary N) is 1. The van der Waals surface area contributed by atoms with Gasteiger partial charge in [0.25, 0.3) is 5.56 Å². The fourth-order valence-corrected chi connectivity index (χ4v) is 4.66. The third kappa shape index (κ3) is 4.05. The summed E-state index contributed by atoms with van der Waals surface area (Å²) in [5.74, 6) is 0.293. The smallest absolute Gasteiger partial charge is 0.256 e. The van der Waals surface area contributed by atoms with E-state index in [0.717, 1.165) is 0 Å². The van der Waals surface area contributed by atoms with Crippen LogP contribution in [0.25, 0.3) is 21.7 Å². The summed E-state index contributed by atoms with van der Waals surface area (Å²) in [6.45, 7) is 3.30. The molecule has 166 valence electrons. The van der Waals surface area contributed by atoms with Crippen molar-refractivity contribution >= 4 is 66.4 Å². The first kappa shape index (κ1) is 22.5. The van der Waals surface area contributed by atoms with Crippen LogP contribution in [0.1, 0.15) is 19.4 Å². The number of benzene rings is 2. The molecule has 0 aliphatic rings. The molecule has 0 fully saturated rings. The molecule has 0 saturated carbocycles. The summed E-state index contributed by atoms with van der Waals surface area (Å²) in [5.41, 5.74) is -0.111. The molecule has 2 aromatic carbocycles. The predicted molar refractivity (Wildman–Crippen MR) is 126 cm³/mol. The number of H-pyrrole nitrogens is 1. The minimum Gasteiger partial charge on any atom is -0.386 e. The molecule has 0 bridgehead atoms. The van der Waals surface area contributed by atoms with Crippen molar-refractivity contribution in [2.75, 3.05) is 5.32 Å². The number of halogens is 2. The van der Waals surface area contributed by atoms with Crippen molar-refractivity contribution in [1.82, 2.24) is 9.97 Å². The number of pyridine rings is 2. The minimum absolute atomic E-state index is 0.0128. The molecule has 0 radical (unpaired) electrons. The number of rotatable bonds is 4.